The molecule has 1 atom stereocenters. The molecule has 10 nitrogen and oxygen atoms in total. The first-order chi connectivity index (χ1) is 22.4. The zero-order valence-electron chi connectivity index (χ0n) is 27.6. The maximum Gasteiger partial charge on any atom is 0.343 e. The quantitative estimate of drug-likeness (QED) is 0.198. The molecule has 2 N–H and O–H groups in total. The molecule has 248 valence electrons. The van der Waals surface area contributed by atoms with E-state index in [0.29, 0.717) is 35.7 Å². The van der Waals surface area contributed by atoms with Crippen LogP contribution in [-0.2, 0) is 14.3 Å². The van der Waals surface area contributed by atoms with Crippen LogP contribution >= 0.6 is 0 Å². The topological polar surface area (TPSA) is 113 Å². The minimum atomic E-state index is -0.876. The third kappa shape index (κ3) is 9.13. The number of esters is 1. The number of nitrogens with one attached hydrogen (secondary N) is 2. The van der Waals surface area contributed by atoms with E-state index in [1.165, 1.54) is 13.5 Å². The van der Waals surface area contributed by atoms with Gasteiger partial charge in [0.1, 0.15) is 23.2 Å². The van der Waals surface area contributed by atoms with Crippen molar-refractivity contribution in [2.75, 3.05) is 47.0 Å². The highest BCUT2D eigenvalue weighted by molar-refractivity contribution is 5.97. The number of H-pyrrole nitrogens is 1. The lowest BCUT2D eigenvalue weighted by molar-refractivity contribution is -0.142. The highest BCUT2D eigenvalue weighted by Gasteiger charge is 2.34. The van der Waals surface area contributed by atoms with Gasteiger partial charge >= 0.3 is 5.97 Å². The van der Waals surface area contributed by atoms with Crippen molar-refractivity contribution in [1.82, 2.24) is 20.1 Å². The average molecular weight is 633 g/mol. The summed E-state index contributed by atoms with van der Waals surface area (Å²) in [5, 5.41) is 3.27. The molecule has 4 rings (SSSR count). The van der Waals surface area contributed by atoms with Crippen molar-refractivity contribution in [2.24, 2.45) is 0 Å². The number of methoxy groups -OCH3 is 2. The van der Waals surface area contributed by atoms with Crippen LogP contribution in [0.3, 0.4) is 0 Å². The first-order valence-corrected chi connectivity index (χ1v) is 16.3. The van der Waals surface area contributed by atoms with E-state index in [0.717, 1.165) is 56.6 Å². The fourth-order valence-electron chi connectivity index (χ4n) is 6.00. The molecular formula is C36H48N4O6. The number of hydrogen-bond donors (Lipinski definition) is 2. The van der Waals surface area contributed by atoms with Crippen molar-refractivity contribution in [1.29, 1.82) is 0 Å². The van der Waals surface area contributed by atoms with Crippen molar-refractivity contribution in [3.8, 4) is 22.8 Å². The van der Waals surface area contributed by atoms with Crippen LogP contribution in [0.2, 0.25) is 0 Å². The van der Waals surface area contributed by atoms with Gasteiger partial charge in [-0.15, -0.1) is 0 Å². The molecule has 1 unspecified atom stereocenters. The third-order valence-corrected chi connectivity index (χ3v) is 8.63. The lowest BCUT2D eigenvalue weighted by Gasteiger charge is -2.34. The molecule has 0 radical (unpaired) electrons. The number of nitrogens with zero attached hydrogens (tertiary/aromatic N) is 2. The lowest BCUT2D eigenvalue weighted by atomic mass is 9.94. The minimum absolute atomic E-state index is 0.0710. The summed E-state index contributed by atoms with van der Waals surface area (Å²) in [6.45, 7) is 7.00. The molecule has 1 saturated carbocycles. The number of para-hydroxylation sites is 1. The molecule has 0 spiro atoms. The van der Waals surface area contributed by atoms with Gasteiger partial charge in [-0.25, -0.2) is 4.79 Å². The molecule has 10 heteroatoms. The van der Waals surface area contributed by atoms with Crippen LogP contribution in [0.4, 0.5) is 0 Å². The zero-order valence-corrected chi connectivity index (χ0v) is 27.6. The Bertz CT molecular complexity index is 1410. The molecule has 1 fully saturated rings. The van der Waals surface area contributed by atoms with Crippen LogP contribution in [0.25, 0.3) is 11.3 Å². The number of amides is 2. The van der Waals surface area contributed by atoms with E-state index in [1.807, 2.05) is 30.3 Å². The summed E-state index contributed by atoms with van der Waals surface area (Å²) < 4.78 is 15.8. The van der Waals surface area contributed by atoms with Crippen molar-refractivity contribution < 1.29 is 28.6 Å². The molecule has 1 heterocycles. The molecule has 0 saturated heterocycles. The van der Waals surface area contributed by atoms with Gasteiger partial charge in [-0.05, 0) is 80.9 Å². The first-order valence-electron chi connectivity index (χ1n) is 16.3. The van der Waals surface area contributed by atoms with E-state index in [4.69, 9.17) is 9.47 Å². The lowest BCUT2D eigenvalue weighted by Crippen LogP contribution is -2.47. The summed E-state index contributed by atoms with van der Waals surface area (Å²) in [5.74, 6) is 0.194. The van der Waals surface area contributed by atoms with Gasteiger partial charge in [0.05, 0.1) is 14.2 Å². The Balaban J connectivity index is 1.69. The summed E-state index contributed by atoms with van der Waals surface area (Å²) in [6.07, 6.45) is 5.85. The number of benzene rings is 2. The summed E-state index contributed by atoms with van der Waals surface area (Å²) in [7, 11) is 2.92. The number of carbonyl (C=O) groups is 3. The van der Waals surface area contributed by atoms with Crippen molar-refractivity contribution in [3.63, 3.8) is 0 Å². The Kier molecular flexibility index (Phi) is 13.1. The number of ether oxygens (including phenoxy) is 3. The summed E-state index contributed by atoms with van der Waals surface area (Å²) in [6, 6.07) is 17.5. The van der Waals surface area contributed by atoms with Gasteiger partial charge in [-0.3, -0.25) is 9.59 Å². The first kappa shape index (κ1) is 34.6. The predicted molar refractivity (Wildman–Crippen MR) is 178 cm³/mol. The van der Waals surface area contributed by atoms with E-state index in [9.17, 15) is 14.4 Å². The van der Waals surface area contributed by atoms with Crippen LogP contribution in [0.1, 0.15) is 74.5 Å². The SMILES string of the molecule is CCN(CC)CCCN(C(=O)c1ccc(-c2ccccc2OC)[nH]1)C(C(=O)NC1CCCCC1)c1ccc(OCC(=O)OC)cc1. The molecule has 46 heavy (non-hydrogen) atoms. The Morgan fingerprint density at radius 1 is 0.913 bits per heavy atom. The summed E-state index contributed by atoms with van der Waals surface area (Å²) in [5.41, 5.74) is 2.63. The Morgan fingerprint density at radius 2 is 1.63 bits per heavy atom. The predicted octanol–water partition coefficient (Wildman–Crippen LogP) is 5.61. The molecule has 0 aliphatic heterocycles. The highest BCUT2D eigenvalue weighted by atomic mass is 16.6. The van der Waals surface area contributed by atoms with E-state index < -0.39 is 12.0 Å². The normalized spacial score (nSPS) is 14.0. The second kappa shape index (κ2) is 17.4. The second-order valence-electron chi connectivity index (χ2n) is 11.5. The molecule has 1 aliphatic rings. The van der Waals surface area contributed by atoms with Gasteiger partial charge in [0.25, 0.3) is 5.91 Å². The molecule has 2 amide bonds. The van der Waals surface area contributed by atoms with E-state index in [-0.39, 0.29) is 24.5 Å². The van der Waals surface area contributed by atoms with Crippen LogP contribution in [0, 0.1) is 0 Å². The smallest absolute Gasteiger partial charge is 0.343 e. The van der Waals surface area contributed by atoms with E-state index in [2.05, 4.69) is 33.8 Å². The van der Waals surface area contributed by atoms with Crippen molar-refractivity contribution >= 4 is 17.8 Å². The molecule has 1 aliphatic carbocycles. The number of rotatable bonds is 16. The van der Waals surface area contributed by atoms with Crippen LogP contribution in [-0.4, -0.2) is 85.6 Å². The number of carbonyl (C=O) groups excluding carboxylic acids is 3. The third-order valence-electron chi connectivity index (χ3n) is 8.63. The average Bonchev–Trinajstić information content (AvgIpc) is 3.59. The summed E-state index contributed by atoms with van der Waals surface area (Å²) >= 11 is 0. The second-order valence-corrected chi connectivity index (χ2v) is 11.5. The van der Waals surface area contributed by atoms with Gasteiger partial charge in [-0.2, -0.15) is 0 Å². The minimum Gasteiger partial charge on any atom is -0.496 e. The zero-order chi connectivity index (χ0) is 32.9. The van der Waals surface area contributed by atoms with Crippen LogP contribution < -0.4 is 14.8 Å². The van der Waals surface area contributed by atoms with Gasteiger partial charge < -0.3 is 34.3 Å². The monoisotopic (exact) mass is 632 g/mol. The van der Waals surface area contributed by atoms with Crippen LogP contribution in [0.5, 0.6) is 11.5 Å². The molecule has 0 bridgehead atoms. The number of hydrogen-bond acceptors (Lipinski definition) is 7. The fraction of sp³-hybridized carbons (Fsp3) is 0.472. The molecule has 2 aromatic carbocycles. The van der Waals surface area contributed by atoms with E-state index >= 15 is 0 Å². The van der Waals surface area contributed by atoms with Gasteiger partial charge in [0.2, 0.25) is 5.91 Å². The Morgan fingerprint density at radius 3 is 2.30 bits per heavy atom. The summed E-state index contributed by atoms with van der Waals surface area (Å²) in [4.78, 5) is 47.5. The van der Waals surface area contributed by atoms with E-state index in [1.54, 1.807) is 42.3 Å². The Hall–Kier alpha value is -4.31. The molecule has 1 aromatic heterocycles. The highest BCUT2D eigenvalue weighted by Crippen LogP contribution is 2.31. The van der Waals surface area contributed by atoms with Crippen molar-refractivity contribution in [2.45, 2.75) is 64.5 Å². The largest absolute Gasteiger partial charge is 0.496 e. The maximum absolute atomic E-state index is 14.4. The molecule has 3 aromatic rings. The Labute approximate surface area is 272 Å². The number of aromatic amines is 1. The van der Waals surface area contributed by atoms with Gasteiger partial charge in [0, 0.05) is 23.8 Å². The standard InChI is InChI=1S/C36H48N4O6/c1-5-39(6-2)23-12-24-40(36(43)31-22-21-30(38-31)29-15-10-11-16-32(29)44-3)34(35(42)37-27-13-8-7-9-14-27)26-17-19-28(20-18-26)46-25-33(41)45-4/h10-11,15-22,27,34,38H,5-9,12-14,23-25H2,1-4H3,(H,37,42). The van der Waals surface area contributed by atoms with Crippen molar-refractivity contribution in [3.05, 3.63) is 71.9 Å². The van der Waals surface area contributed by atoms with Crippen LogP contribution in [0.15, 0.2) is 60.7 Å². The van der Waals surface area contributed by atoms with Gasteiger partial charge in [0.15, 0.2) is 6.61 Å². The fourth-order valence-corrected chi connectivity index (χ4v) is 6.00. The number of aromatic nitrogens is 1. The maximum atomic E-state index is 14.4. The molecular weight excluding hydrogens is 584 g/mol. The van der Waals surface area contributed by atoms with Gasteiger partial charge in [-0.1, -0.05) is 57.4 Å².